The number of aromatic nitrogens is 2. The predicted molar refractivity (Wildman–Crippen MR) is 73.7 cm³/mol. The molecule has 1 aromatic rings. The van der Waals surface area contributed by atoms with Gasteiger partial charge in [-0.25, -0.2) is 4.98 Å². The molecule has 1 N–H and O–H groups in total. The fourth-order valence-electron chi connectivity index (χ4n) is 1.71. The minimum atomic E-state index is 0.167. The molecule has 19 heavy (non-hydrogen) atoms. The summed E-state index contributed by atoms with van der Waals surface area (Å²) in [6.07, 6.45) is 5.15. The van der Waals surface area contributed by atoms with Crippen LogP contribution in [0.2, 0.25) is 0 Å². The molecule has 0 atom stereocenters. The summed E-state index contributed by atoms with van der Waals surface area (Å²) in [5, 5.41) is 3.26. The van der Waals surface area contributed by atoms with Gasteiger partial charge < -0.3 is 19.5 Å². The smallest absolute Gasteiger partial charge is 0.222 e. The standard InChI is InChI=1S/C13H24N4O2/c1-16(2)13(18)5-4-8-17-9-6-15-12(17)11-14-7-10-19-3/h6,9,14H,4-5,7-8,10-11H2,1-3H3. The Labute approximate surface area is 114 Å². The fourth-order valence-corrected chi connectivity index (χ4v) is 1.71. The molecular weight excluding hydrogens is 244 g/mol. The van der Waals surface area contributed by atoms with Crippen molar-refractivity contribution >= 4 is 5.91 Å². The normalized spacial score (nSPS) is 10.7. The van der Waals surface area contributed by atoms with E-state index in [-0.39, 0.29) is 5.91 Å². The Morgan fingerprint density at radius 3 is 3.00 bits per heavy atom. The van der Waals surface area contributed by atoms with Gasteiger partial charge in [0.1, 0.15) is 5.82 Å². The number of nitrogens with one attached hydrogen (secondary N) is 1. The van der Waals surface area contributed by atoms with E-state index in [1.807, 2.05) is 6.20 Å². The van der Waals surface area contributed by atoms with Gasteiger partial charge in [-0.1, -0.05) is 0 Å². The summed E-state index contributed by atoms with van der Waals surface area (Å²) in [6.45, 7) is 3.04. The second kappa shape index (κ2) is 8.66. The second-order valence-electron chi connectivity index (χ2n) is 4.60. The number of aryl methyl sites for hydroxylation is 1. The minimum Gasteiger partial charge on any atom is -0.383 e. The number of ether oxygens (including phenoxy) is 1. The number of rotatable bonds is 9. The lowest BCUT2D eigenvalue weighted by Gasteiger charge is -2.11. The van der Waals surface area contributed by atoms with E-state index in [4.69, 9.17) is 4.74 Å². The van der Waals surface area contributed by atoms with E-state index in [1.165, 1.54) is 0 Å². The van der Waals surface area contributed by atoms with Crippen LogP contribution in [0.5, 0.6) is 0 Å². The maximum absolute atomic E-state index is 11.5. The van der Waals surface area contributed by atoms with Crippen LogP contribution in [-0.2, 0) is 22.6 Å². The van der Waals surface area contributed by atoms with Gasteiger partial charge in [0.25, 0.3) is 0 Å². The lowest BCUT2D eigenvalue weighted by atomic mass is 10.3. The van der Waals surface area contributed by atoms with Gasteiger partial charge in [0, 0.05) is 53.1 Å². The van der Waals surface area contributed by atoms with Gasteiger partial charge in [0.2, 0.25) is 5.91 Å². The van der Waals surface area contributed by atoms with Gasteiger partial charge in [-0.2, -0.15) is 0 Å². The van der Waals surface area contributed by atoms with E-state index in [2.05, 4.69) is 14.9 Å². The molecule has 6 nitrogen and oxygen atoms in total. The summed E-state index contributed by atoms with van der Waals surface area (Å²) in [5.41, 5.74) is 0. The number of methoxy groups -OCH3 is 1. The monoisotopic (exact) mass is 268 g/mol. The van der Waals surface area contributed by atoms with Crippen LogP contribution in [0.15, 0.2) is 12.4 Å². The van der Waals surface area contributed by atoms with Crippen molar-refractivity contribution in [1.29, 1.82) is 0 Å². The van der Waals surface area contributed by atoms with E-state index in [9.17, 15) is 4.79 Å². The fraction of sp³-hybridized carbons (Fsp3) is 0.692. The highest BCUT2D eigenvalue weighted by atomic mass is 16.5. The van der Waals surface area contributed by atoms with Gasteiger partial charge in [0.15, 0.2) is 0 Å². The molecule has 0 saturated heterocycles. The number of carbonyl (C=O) groups is 1. The van der Waals surface area contributed by atoms with Crippen molar-refractivity contribution in [2.45, 2.75) is 25.9 Å². The van der Waals surface area contributed by atoms with Crippen molar-refractivity contribution in [3.05, 3.63) is 18.2 Å². The van der Waals surface area contributed by atoms with Gasteiger partial charge in [0.05, 0.1) is 13.2 Å². The van der Waals surface area contributed by atoms with E-state index in [1.54, 1.807) is 32.3 Å². The zero-order valence-corrected chi connectivity index (χ0v) is 12.1. The van der Waals surface area contributed by atoms with E-state index >= 15 is 0 Å². The van der Waals surface area contributed by atoms with Crippen molar-refractivity contribution in [3.63, 3.8) is 0 Å². The maximum Gasteiger partial charge on any atom is 0.222 e. The zero-order chi connectivity index (χ0) is 14.1. The summed E-state index contributed by atoms with van der Waals surface area (Å²) >= 11 is 0. The van der Waals surface area contributed by atoms with Crippen LogP contribution in [0.4, 0.5) is 0 Å². The number of imidazole rings is 1. The largest absolute Gasteiger partial charge is 0.383 e. The molecule has 0 fully saturated rings. The molecule has 108 valence electrons. The van der Waals surface area contributed by atoms with Gasteiger partial charge in [-0.3, -0.25) is 4.79 Å². The average Bonchev–Trinajstić information content (AvgIpc) is 2.82. The Bertz CT molecular complexity index is 376. The van der Waals surface area contributed by atoms with E-state index in [0.29, 0.717) is 13.0 Å². The average molecular weight is 268 g/mol. The summed E-state index contributed by atoms with van der Waals surface area (Å²) in [5.74, 6) is 1.16. The number of amides is 1. The molecule has 1 heterocycles. The van der Waals surface area contributed by atoms with Crippen molar-refractivity contribution < 1.29 is 9.53 Å². The molecule has 0 spiro atoms. The van der Waals surface area contributed by atoms with Crippen LogP contribution < -0.4 is 5.32 Å². The first-order valence-corrected chi connectivity index (χ1v) is 6.55. The molecule has 0 aromatic carbocycles. The van der Waals surface area contributed by atoms with Crippen molar-refractivity contribution in [1.82, 2.24) is 19.8 Å². The number of carbonyl (C=O) groups excluding carboxylic acids is 1. The first kappa shape index (κ1) is 15.7. The molecule has 1 aromatic heterocycles. The second-order valence-corrected chi connectivity index (χ2v) is 4.60. The Kier molecular flexibility index (Phi) is 7.14. The SMILES string of the molecule is COCCNCc1nccn1CCCC(=O)N(C)C. The van der Waals surface area contributed by atoms with Crippen LogP contribution in [-0.4, -0.2) is 54.7 Å². The van der Waals surface area contributed by atoms with E-state index in [0.717, 1.165) is 31.9 Å². The quantitative estimate of drug-likeness (QED) is 0.662. The highest BCUT2D eigenvalue weighted by Gasteiger charge is 2.05. The van der Waals surface area contributed by atoms with Gasteiger partial charge in [-0.15, -0.1) is 0 Å². The first-order valence-electron chi connectivity index (χ1n) is 6.55. The molecule has 0 bridgehead atoms. The van der Waals surface area contributed by atoms with Crippen LogP contribution in [0.3, 0.4) is 0 Å². The third-order valence-electron chi connectivity index (χ3n) is 2.86. The summed E-state index contributed by atoms with van der Waals surface area (Å²) in [7, 11) is 5.25. The Balaban J connectivity index is 2.30. The summed E-state index contributed by atoms with van der Waals surface area (Å²) < 4.78 is 7.06. The highest BCUT2D eigenvalue weighted by Crippen LogP contribution is 2.02. The number of hydrogen-bond acceptors (Lipinski definition) is 4. The Morgan fingerprint density at radius 2 is 2.32 bits per heavy atom. The van der Waals surface area contributed by atoms with Crippen molar-refractivity contribution in [2.75, 3.05) is 34.4 Å². The Hall–Kier alpha value is -1.40. The predicted octanol–water partition coefficient (Wildman–Crippen LogP) is 0.488. The molecule has 0 aliphatic rings. The minimum absolute atomic E-state index is 0.167. The maximum atomic E-state index is 11.5. The highest BCUT2D eigenvalue weighted by molar-refractivity contribution is 5.75. The topological polar surface area (TPSA) is 59.4 Å². The molecule has 1 rings (SSSR count). The van der Waals surface area contributed by atoms with Crippen LogP contribution >= 0.6 is 0 Å². The van der Waals surface area contributed by atoms with Gasteiger partial charge >= 0.3 is 0 Å². The number of hydrogen-bond donors (Lipinski definition) is 1. The molecule has 0 aliphatic carbocycles. The zero-order valence-electron chi connectivity index (χ0n) is 12.1. The van der Waals surface area contributed by atoms with Crippen LogP contribution in [0, 0.1) is 0 Å². The van der Waals surface area contributed by atoms with E-state index < -0.39 is 0 Å². The molecule has 6 heteroatoms. The molecule has 0 saturated carbocycles. The summed E-state index contributed by atoms with van der Waals surface area (Å²) in [6, 6.07) is 0. The van der Waals surface area contributed by atoms with Crippen LogP contribution in [0.25, 0.3) is 0 Å². The third kappa shape index (κ3) is 5.85. The van der Waals surface area contributed by atoms with Gasteiger partial charge in [-0.05, 0) is 6.42 Å². The molecule has 1 amide bonds. The molecule has 0 aliphatic heterocycles. The number of nitrogens with zero attached hydrogens (tertiary/aromatic N) is 3. The third-order valence-corrected chi connectivity index (χ3v) is 2.86. The molecule has 0 radical (unpaired) electrons. The lowest BCUT2D eigenvalue weighted by molar-refractivity contribution is -0.128. The first-order chi connectivity index (χ1) is 9.15. The van der Waals surface area contributed by atoms with Crippen molar-refractivity contribution in [3.8, 4) is 0 Å². The lowest BCUT2D eigenvalue weighted by Crippen LogP contribution is -2.22. The van der Waals surface area contributed by atoms with Crippen molar-refractivity contribution in [2.24, 2.45) is 0 Å². The Morgan fingerprint density at radius 1 is 1.53 bits per heavy atom. The summed E-state index contributed by atoms with van der Waals surface area (Å²) in [4.78, 5) is 17.4. The molecule has 0 unspecified atom stereocenters. The molecular formula is C13H24N4O2. The van der Waals surface area contributed by atoms with Crippen LogP contribution in [0.1, 0.15) is 18.7 Å².